The normalized spacial score (nSPS) is 10.7. The lowest BCUT2D eigenvalue weighted by Crippen LogP contribution is -2.24. The molecule has 3 rings (SSSR count). The zero-order valence-corrected chi connectivity index (χ0v) is 19.4. The summed E-state index contributed by atoms with van der Waals surface area (Å²) < 4.78 is 7.59. The molecule has 0 radical (unpaired) electrons. The molecule has 2 aromatic carbocycles. The summed E-state index contributed by atoms with van der Waals surface area (Å²) in [5, 5.41) is 13.5. The summed E-state index contributed by atoms with van der Waals surface area (Å²) in [6.07, 6.45) is 1.73. The van der Waals surface area contributed by atoms with Gasteiger partial charge in [0.25, 0.3) is 0 Å². The van der Waals surface area contributed by atoms with Gasteiger partial charge in [-0.05, 0) is 29.8 Å². The van der Waals surface area contributed by atoms with Gasteiger partial charge >= 0.3 is 0 Å². The third-order valence-electron chi connectivity index (χ3n) is 4.09. The fraction of sp³-hybridized carbons (Fsp3) is 0.190. The quantitative estimate of drug-likeness (QED) is 0.299. The number of benzene rings is 2. The van der Waals surface area contributed by atoms with Crippen molar-refractivity contribution < 1.29 is 9.53 Å². The second-order valence-electron chi connectivity index (χ2n) is 6.35. The summed E-state index contributed by atoms with van der Waals surface area (Å²) in [5.74, 6) is 1.12. The Balaban J connectivity index is 1.57. The maximum absolute atomic E-state index is 12.2. The Morgan fingerprint density at radius 3 is 2.61 bits per heavy atom. The van der Waals surface area contributed by atoms with E-state index >= 15 is 0 Å². The highest BCUT2D eigenvalue weighted by molar-refractivity contribution is 7.99. The minimum Gasteiger partial charge on any atom is -0.484 e. The molecule has 0 aliphatic rings. The van der Waals surface area contributed by atoms with Crippen LogP contribution in [0.25, 0.3) is 0 Å². The summed E-state index contributed by atoms with van der Waals surface area (Å²) in [4.78, 5) is 12.2. The molecule has 0 unspecified atom stereocenters. The zero-order chi connectivity index (χ0) is 22.2. The van der Waals surface area contributed by atoms with Crippen LogP contribution < -0.4 is 10.1 Å². The fourth-order valence-electron chi connectivity index (χ4n) is 2.56. The van der Waals surface area contributed by atoms with Gasteiger partial charge in [-0.15, -0.1) is 16.8 Å². The largest absolute Gasteiger partial charge is 0.484 e. The summed E-state index contributed by atoms with van der Waals surface area (Å²) in [5.41, 5.74) is 0.969. The fourth-order valence-corrected chi connectivity index (χ4v) is 3.82. The van der Waals surface area contributed by atoms with Gasteiger partial charge < -0.3 is 10.1 Å². The van der Waals surface area contributed by atoms with Crippen molar-refractivity contribution >= 4 is 52.5 Å². The molecule has 0 aliphatic carbocycles. The molecule has 1 aromatic heterocycles. The van der Waals surface area contributed by atoms with E-state index in [-0.39, 0.29) is 18.3 Å². The lowest BCUT2D eigenvalue weighted by molar-refractivity contribution is -0.118. The molecule has 3 aromatic rings. The minimum atomic E-state index is -0.114. The van der Waals surface area contributed by atoms with Crippen LogP contribution in [-0.4, -0.2) is 26.4 Å². The number of rotatable bonds is 10. The van der Waals surface area contributed by atoms with Crippen molar-refractivity contribution in [1.82, 2.24) is 20.1 Å². The van der Waals surface area contributed by atoms with Crippen molar-refractivity contribution in [2.75, 3.05) is 5.75 Å². The van der Waals surface area contributed by atoms with Crippen LogP contribution in [0.3, 0.4) is 0 Å². The van der Waals surface area contributed by atoms with Gasteiger partial charge in [-0.3, -0.25) is 9.36 Å². The number of halogens is 3. The number of ether oxygens (including phenoxy) is 1. The lowest BCUT2D eigenvalue weighted by Gasteiger charge is -2.10. The monoisotopic (exact) mass is 496 g/mol. The van der Waals surface area contributed by atoms with Crippen LogP contribution >= 0.6 is 46.6 Å². The first-order valence-corrected chi connectivity index (χ1v) is 11.3. The Labute approximate surface area is 199 Å². The number of nitrogens with one attached hydrogen (secondary N) is 1. The van der Waals surface area contributed by atoms with Crippen LogP contribution in [0.5, 0.6) is 5.75 Å². The second-order valence-corrected chi connectivity index (χ2v) is 8.58. The van der Waals surface area contributed by atoms with E-state index in [0.717, 1.165) is 5.56 Å². The first-order valence-electron chi connectivity index (χ1n) is 9.21. The van der Waals surface area contributed by atoms with Crippen LogP contribution in [0, 0.1) is 0 Å². The van der Waals surface area contributed by atoms with Crippen molar-refractivity contribution in [1.29, 1.82) is 0 Å². The van der Waals surface area contributed by atoms with Gasteiger partial charge in [-0.1, -0.05) is 64.8 Å². The Hall–Kier alpha value is -2.19. The summed E-state index contributed by atoms with van der Waals surface area (Å²) >= 11 is 19.3. The molecule has 1 N–H and O–H groups in total. The van der Waals surface area contributed by atoms with Gasteiger partial charge in [0.2, 0.25) is 5.91 Å². The molecule has 0 aliphatic heterocycles. The lowest BCUT2D eigenvalue weighted by atomic mass is 10.2. The van der Waals surface area contributed by atoms with E-state index in [1.54, 1.807) is 36.4 Å². The minimum absolute atomic E-state index is 0.114. The number of amides is 1. The number of carbonyl (C=O) groups excluding carboxylic acids is 1. The summed E-state index contributed by atoms with van der Waals surface area (Å²) in [6.45, 7) is 4.82. The number of nitrogens with zero attached hydrogens (tertiary/aromatic N) is 3. The predicted octanol–water partition coefficient (Wildman–Crippen LogP) is 5.41. The number of carbonyl (C=O) groups is 1. The number of hydrogen-bond donors (Lipinski definition) is 1. The molecule has 0 fully saturated rings. The van der Waals surface area contributed by atoms with Crippen LogP contribution in [-0.2, 0) is 24.5 Å². The number of thioether (sulfide) groups is 1. The van der Waals surface area contributed by atoms with E-state index in [0.29, 0.717) is 44.9 Å². The molecule has 0 atom stereocenters. The topological polar surface area (TPSA) is 69.0 Å². The first kappa shape index (κ1) is 23.5. The van der Waals surface area contributed by atoms with Crippen molar-refractivity contribution in [3.63, 3.8) is 0 Å². The molecule has 162 valence electrons. The van der Waals surface area contributed by atoms with Crippen molar-refractivity contribution in [2.45, 2.75) is 24.9 Å². The average Bonchev–Trinajstić information content (AvgIpc) is 3.14. The van der Waals surface area contributed by atoms with Crippen LogP contribution in [0.4, 0.5) is 0 Å². The molecular weight excluding hydrogens is 479 g/mol. The Morgan fingerprint density at radius 1 is 1.13 bits per heavy atom. The van der Waals surface area contributed by atoms with Crippen molar-refractivity contribution in [2.24, 2.45) is 0 Å². The average molecular weight is 498 g/mol. The Bertz CT molecular complexity index is 1060. The molecule has 0 bridgehead atoms. The smallest absolute Gasteiger partial charge is 0.230 e. The third kappa shape index (κ3) is 6.90. The third-order valence-corrected chi connectivity index (χ3v) is 5.86. The van der Waals surface area contributed by atoms with E-state index in [1.165, 1.54) is 11.8 Å². The highest BCUT2D eigenvalue weighted by atomic mass is 35.5. The predicted molar refractivity (Wildman–Crippen MR) is 125 cm³/mol. The van der Waals surface area contributed by atoms with Gasteiger partial charge in [0.15, 0.2) is 11.0 Å². The van der Waals surface area contributed by atoms with Crippen molar-refractivity contribution in [3.8, 4) is 5.75 Å². The van der Waals surface area contributed by atoms with E-state index in [1.807, 2.05) is 16.7 Å². The number of allylic oxidation sites excluding steroid dienone is 1. The van der Waals surface area contributed by atoms with E-state index in [4.69, 9.17) is 39.5 Å². The SMILES string of the molecule is C=CCn1c(COc2cc(Cl)ccc2Cl)nnc1SCC(=O)NCc1ccc(Cl)cc1. The van der Waals surface area contributed by atoms with E-state index in [9.17, 15) is 4.79 Å². The molecule has 10 heteroatoms. The van der Waals surface area contributed by atoms with Crippen molar-refractivity contribution in [3.05, 3.63) is 81.6 Å². The molecule has 1 heterocycles. The summed E-state index contributed by atoms with van der Waals surface area (Å²) in [7, 11) is 0. The molecular formula is C21H19Cl3N4O2S. The molecule has 0 spiro atoms. The Kier molecular flexibility index (Phi) is 8.66. The first-order chi connectivity index (χ1) is 15.0. The van der Waals surface area contributed by atoms with Crippen LogP contribution in [0.15, 0.2) is 60.3 Å². The molecule has 6 nitrogen and oxygen atoms in total. The highest BCUT2D eigenvalue weighted by Gasteiger charge is 2.15. The van der Waals surface area contributed by atoms with Gasteiger partial charge in [0.1, 0.15) is 12.4 Å². The molecule has 1 amide bonds. The maximum atomic E-state index is 12.2. The molecule has 31 heavy (non-hydrogen) atoms. The van der Waals surface area contributed by atoms with E-state index in [2.05, 4.69) is 22.1 Å². The standard InChI is InChI=1S/C21H19Cl3N4O2S/c1-2-9-28-19(12-30-18-10-16(23)7-8-17(18)24)26-27-21(28)31-13-20(29)25-11-14-3-5-15(22)6-4-14/h2-8,10H,1,9,11-13H2,(H,25,29). The van der Waals surface area contributed by atoms with Gasteiger partial charge in [0, 0.05) is 29.2 Å². The number of hydrogen-bond acceptors (Lipinski definition) is 5. The molecule has 0 saturated carbocycles. The number of aromatic nitrogens is 3. The van der Waals surface area contributed by atoms with E-state index < -0.39 is 0 Å². The van der Waals surface area contributed by atoms with Crippen LogP contribution in [0.1, 0.15) is 11.4 Å². The van der Waals surface area contributed by atoms with Gasteiger partial charge in [0.05, 0.1) is 10.8 Å². The Morgan fingerprint density at radius 2 is 1.87 bits per heavy atom. The highest BCUT2D eigenvalue weighted by Crippen LogP contribution is 2.28. The zero-order valence-electron chi connectivity index (χ0n) is 16.4. The summed E-state index contributed by atoms with van der Waals surface area (Å²) in [6, 6.07) is 12.3. The second kappa shape index (κ2) is 11.4. The molecule has 0 saturated heterocycles. The van der Waals surface area contributed by atoms with Crippen LogP contribution in [0.2, 0.25) is 15.1 Å². The van der Waals surface area contributed by atoms with Gasteiger partial charge in [-0.25, -0.2) is 0 Å². The maximum Gasteiger partial charge on any atom is 0.230 e. The van der Waals surface area contributed by atoms with Gasteiger partial charge in [-0.2, -0.15) is 0 Å².